The van der Waals surface area contributed by atoms with Crippen molar-refractivity contribution in [3.8, 4) is 22.3 Å². The van der Waals surface area contributed by atoms with E-state index < -0.39 is 23.5 Å². The molecule has 0 amide bonds. The number of hydrogen-bond donors (Lipinski definition) is 0. The lowest BCUT2D eigenvalue weighted by molar-refractivity contribution is -0.138. The van der Waals surface area contributed by atoms with Crippen LogP contribution >= 0.6 is 0 Å². The van der Waals surface area contributed by atoms with Crippen LogP contribution in [0.3, 0.4) is 0 Å². The molecule has 0 aliphatic heterocycles. The fraction of sp³-hybridized carbons (Fsp3) is 0.0588. The summed E-state index contributed by atoms with van der Waals surface area (Å²) in [6.07, 6.45) is -8.90. The zero-order valence-electron chi connectivity index (χ0n) is 21.3. The van der Waals surface area contributed by atoms with Gasteiger partial charge in [-0.1, -0.05) is 48.5 Å². The second kappa shape index (κ2) is 8.76. The van der Waals surface area contributed by atoms with Gasteiger partial charge in [0.1, 0.15) is 0 Å². The smallest absolute Gasteiger partial charge is 0.289 e. The lowest BCUT2D eigenvalue weighted by atomic mass is 10.0. The van der Waals surface area contributed by atoms with Crippen LogP contribution in [0.15, 0.2) is 107 Å². The lowest BCUT2D eigenvalue weighted by Gasteiger charge is -2.08. The molecule has 0 aliphatic rings. The summed E-state index contributed by atoms with van der Waals surface area (Å²) in [5.41, 5.74) is 0.220. The Morgan fingerprint density at radius 1 is 0.333 bits per heavy atom. The van der Waals surface area contributed by atoms with Crippen molar-refractivity contribution in [1.29, 1.82) is 0 Å². The van der Waals surface area contributed by atoms with Crippen LogP contribution in [0.5, 0.6) is 0 Å². The molecule has 0 heterocycles. The maximum Gasteiger partial charge on any atom is 0.416 e. The highest BCUT2D eigenvalue weighted by Gasteiger charge is 2.31. The minimum Gasteiger partial charge on any atom is -0.289 e. The molecule has 0 aliphatic carbocycles. The third-order valence-corrected chi connectivity index (χ3v) is 7.85. The fourth-order valence-corrected chi connectivity index (χ4v) is 5.71. The Bertz CT molecular complexity index is 2120. The quantitative estimate of drug-likeness (QED) is 0.194. The highest BCUT2D eigenvalue weighted by molar-refractivity contribution is 6.21. The predicted octanol–water partition coefficient (Wildman–Crippen LogP) is 9.27. The van der Waals surface area contributed by atoms with Crippen molar-refractivity contribution >= 4 is 43.1 Å². The van der Waals surface area contributed by atoms with Crippen molar-refractivity contribution in [2.45, 2.75) is 12.4 Å². The van der Waals surface area contributed by atoms with Crippen LogP contribution < -0.4 is 10.9 Å². The summed E-state index contributed by atoms with van der Waals surface area (Å²) < 4.78 is 77.8. The van der Waals surface area contributed by atoms with Gasteiger partial charge in [0.25, 0.3) is 0 Å². The highest BCUT2D eigenvalue weighted by Crippen LogP contribution is 2.37. The van der Waals surface area contributed by atoms with Gasteiger partial charge in [0.05, 0.1) is 11.1 Å². The molecule has 7 aromatic carbocycles. The first kappa shape index (κ1) is 26.0. The van der Waals surface area contributed by atoms with Gasteiger partial charge in [-0.2, -0.15) is 26.3 Å². The van der Waals surface area contributed by atoms with Crippen LogP contribution in [0.2, 0.25) is 0 Å². The summed E-state index contributed by atoms with van der Waals surface area (Å²) >= 11 is 0. The van der Waals surface area contributed by atoms with E-state index in [-0.39, 0.29) is 10.9 Å². The monoisotopic (exact) mass is 570 g/mol. The molecule has 0 bridgehead atoms. The highest BCUT2D eigenvalue weighted by atomic mass is 19.4. The number of fused-ring (bicyclic) bond motifs is 6. The maximum absolute atomic E-state index is 13.5. The zero-order chi connectivity index (χ0) is 29.6. The van der Waals surface area contributed by atoms with Gasteiger partial charge in [0, 0.05) is 21.5 Å². The minimum absolute atomic E-state index is 0.251. The molecule has 0 saturated heterocycles. The number of hydrogen-bond acceptors (Lipinski definition) is 2. The Hall–Kier alpha value is -4.98. The van der Waals surface area contributed by atoms with Crippen molar-refractivity contribution in [3.63, 3.8) is 0 Å². The molecule has 0 saturated carbocycles. The second-order valence-corrected chi connectivity index (χ2v) is 10.3. The largest absolute Gasteiger partial charge is 0.416 e. The standard InChI is InChI=1S/C34H16F6O2/c35-33(36,37)21-7-1-17(2-8-21)19-5-11-23-25-15-30-26(16-29(25)31(41)27(23)13-19)24-12-6-20(14-28(24)32(30)42)18-3-9-22(10-4-18)34(38,39)40/h1-16H. The van der Waals surface area contributed by atoms with Gasteiger partial charge in [0.15, 0.2) is 10.9 Å². The second-order valence-electron chi connectivity index (χ2n) is 10.3. The molecule has 8 heteroatoms. The Morgan fingerprint density at radius 2 is 0.643 bits per heavy atom. The van der Waals surface area contributed by atoms with Gasteiger partial charge in [-0.05, 0) is 92.3 Å². The fourth-order valence-electron chi connectivity index (χ4n) is 5.71. The molecule has 0 unspecified atom stereocenters. The average molecular weight is 570 g/mol. The van der Waals surface area contributed by atoms with Crippen molar-refractivity contribution in [1.82, 2.24) is 0 Å². The molecule has 7 rings (SSSR count). The number of halogens is 6. The number of rotatable bonds is 2. The van der Waals surface area contributed by atoms with E-state index in [1.807, 2.05) is 0 Å². The van der Waals surface area contributed by atoms with Crippen molar-refractivity contribution < 1.29 is 26.3 Å². The topological polar surface area (TPSA) is 34.1 Å². The molecule has 2 nitrogen and oxygen atoms in total. The third kappa shape index (κ3) is 3.97. The first-order valence-corrected chi connectivity index (χ1v) is 12.8. The summed E-state index contributed by atoms with van der Waals surface area (Å²) in [4.78, 5) is 26.9. The normalized spacial score (nSPS) is 12.7. The summed E-state index contributed by atoms with van der Waals surface area (Å²) in [5, 5.41) is 4.08. The molecule has 7 aromatic rings. The Labute approximate surface area is 232 Å². The van der Waals surface area contributed by atoms with Crippen LogP contribution in [0.1, 0.15) is 11.1 Å². The van der Waals surface area contributed by atoms with E-state index in [4.69, 9.17) is 0 Å². The molecule has 0 aromatic heterocycles. The third-order valence-electron chi connectivity index (χ3n) is 7.85. The molecule has 206 valence electrons. The molecule has 0 N–H and O–H groups in total. The predicted molar refractivity (Wildman–Crippen MR) is 152 cm³/mol. The van der Waals surface area contributed by atoms with Gasteiger partial charge < -0.3 is 0 Å². The van der Waals surface area contributed by atoms with Crippen LogP contribution in [0, 0.1) is 0 Å². The van der Waals surface area contributed by atoms with E-state index in [9.17, 15) is 35.9 Å². The molecule has 0 radical (unpaired) electrons. The summed E-state index contributed by atoms with van der Waals surface area (Å²) in [7, 11) is 0. The average Bonchev–Trinajstić information content (AvgIpc) is 3.41. The van der Waals surface area contributed by atoms with Crippen molar-refractivity contribution in [2.24, 2.45) is 0 Å². The van der Waals surface area contributed by atoms with Gasteiger partial charge in [-0.25, -0.2) is 0 Å². The molecule has 0 spiro atoms. The maximum atomic E-state index is 13.5. The van der Waals surface area contributed by atoms with E-state index in [1.165, 1.54) is 24.3 Å². The van der Waals surface area contributed by atoms with Crippen molar-refractivity contribution in [2.75, 3.05) is 0 Å². The van der Waals surface area contributed by atoms with E-state index in [0.29, 0.717) is 65.3 Å². The van der Waals surface area contributed by atoms with Gasteiger partial charge >= 0.3 is 12.4 Å². The Balaban J connectivity index is 1.35. The summed E-state index contributed by atoms with van der Waals surface area (Å²) in [6.45, 7) is 0. The van der Waals surface area contributed by atoms with Crippen molar-refractivity contribution in [3.05, 3.63) is 129 Å². The zero-order valence-corrected chi connectivity index (χ0v) is 21.3. The van der Waals surface area contributed by atoms with E-state index >= 15 is 0 Å². The van der Waals surface area contributed by atoms with Gasteiger partial charge in [-0.15, -0.1) is 0 Å². The Morgan fingerprint density at radius 3 is 0.976 bits per heavy atom. The number of benzene rings is 5. The van der Waals surface area contributed by atoms with Crippen LogP contribution in [0.25, 0.3) is 65.3 Å². The molecular weight excluding hydrogens is 554 g/mol. The summed E-state index contributed by atoms with van der Waals surface area (Å²) in [6, 6.07) is 23.0. The number of alkyl halides is 6. The van der Waals surface area contributed by atoms with E-state index in [0.717, 1.165) is 24.3 Å². The molecule has 0 fully saturated rings. The SMILES string of the molecule is O=c1c2cc(-c3ccc(C(F)(F)F)cc3)ccc2c2cc3c(=O)c4cc(-c5ccc(C(F)(F)F)cc5)ccc4c3cc12. The van der Waals surface area contributed by atoms with E-state index in [2.05, 4.69) is 0 Å². The van der Waals surface area contributed by atoms with Gasteiger partial charge in [-0.3, -0.25) is 9.59 Å². The first-order valence-electron chi connectivity index (χ1n) is 12.8. The lowest BCUT2D eigenvalue weighted by Crippen LogP contribution is -2.04. The van der Waals surface area contributed by atoms with Crippen LogP contribution in [-0.2, 0) is 12.4 Å². The minimum atomic E-state index is -4.45. The van der Waals surface area contributed by atoms with Crippen LogP contribution in [-0.4, -0.2) is 0 Å². The molecule has 0 atom stereocenters. The summed E-state index contributed by atoms with van der Waals surface area (Å²) in [5.74, 6) is 0. The van der Waals surface area contributed by atoms with Crippen LogP contribution in [0.4, 0.5) is 26.3 Å². The molecular formula is C34H16F6O2. The van der Waals surface area contributed by atoms with E-state index in [1.54, 1.807) is 48.5 Å². The first-order chi connectivity index (χ1) is 19.9. The molecule has 42 heavy (non-hydrogen) atoms. The Kier molecular flexibility index (Phi) is 5.41. The van der Waals surface area contributed by atoms with Gasteiger partial charge in [0.2, 0.25) is 0 Å².